The summed E-state index contributed by atoms with van der Waals surface area (Å²) in [4.78, 5) is 5.32. The molecule has 0 bridgehead atoms. The summed E-state index contributed by atoms with van der Waals surface area (Å²) >= 11 is 8.41. The second kappa shape index (κ2) is 8.12. The van der Waals surface area contributed by atoms with Gasteiger partial charge in [0.25, 0.3) is 0 Å². The molecule has 1 aromatic heterocycles. The van der Waals surface area contributed by atoms with Gasteiger partial charge >= 0.3 is 0 Å². The smallest absolute Gasteiger partial charge is 0.206 e. The van der Waals surface area contributed by atoms with Crippen molar-refractivity contribution in [1.29, 1.82) is 0 Å². The van der Waals surface area contributed by atoms with Crippen LogP contribution in [0.3, 0.4) is 0 Å². The molecule has 0 unspecified atom stereocenters. The molecule has 7 heteroatoms. The average molecular weight is 481 g/mol. The third kappa shape index (κ3) is 4.29. The van der Waals surface area contributed by atoms with Crippen molar-refractivity contribution in [2.75, 3.05) is 6.54 Å². The highest BCUT2D eigenvalue weighted by Gasteiger charge is 2.08. The van der Waals surface area contributed by atoms with Gasteiger partial charge in [0.2, 0.25) is 4.80 Å². The number of halogens is 2. The monoisotopic (exact) mass is 479 g/mol. The van der Waals surface area contributed by atoms with Gasteiger partial charge in [-0.1, -0.05) is 44.0 Å². The Balaban J connectivity index is 2.09. The summed E-state index contributed by atoms with van der Waals surface area (Å²) in [6.45, 7) is 2.67. The van der Waals surface area contributed by atoms with E-state index in [-0.39, 0.29) is 5.75 Å². The molecule has 25 heavy (non-hydrogen) atoms. The van der Waals surface area contributed by atoms with Crippen molar-refractivity contribution in [2.45, 2.75) is 6.92 Å². The molecule has 3 aromatic rings. The number of hydrogen-bond donors (Lipinski definition) is 1. The molecule has 0 aliphatic carbocycles. The quantitative estimate of drug-likeness (QED) is 0.509. The number of hydrogen-bond acceptors (Lipinski definition) is 4. The van der Waals surface area contributed by atoms with Crippen LogP contribution in [0.25, 0.3) is 11.3 Å². The van der Waals surface area contributed by atoms with Crippen molar-refractivity contribution in [2.24, 2.45) is 10.1 Å². The van der Waals surface area contributed by atoms with E-state index in [0.717, 1.165) is 25.0 Å². The van der Waals surface area contributed by atoms with Crippen LogP contribution in [0.2, 0.25) is 0 Å². The molecular formula is C18H15Br2N3OS. The molecule has 1 N–H and O–H groups in total. The predicted octanol–water partition coefficient (Wildman–Crippen LogP) is 5.25. The van der Waals surface area contributed by atoms with Crippen molar-refractivity contribution in [1.82, 2.24) is 4.68 Å². The Bertz CT molecular complexity index is 975. The van der Waals surface area contributed by atoms with Gasteiger partial charge in [-0.3, -0.25) is 4.99 Å². The predicted molar refractivity (Wildman–Crippen MR) is 110 cm³/mol. The molecule has 0 spiro atoms. The maximum absolute atomic E-state index is 10.0. The topological polar surface area (TPSA) is 49.9 Å². The fourth-order valence-corrected chi connectivity index (χ4v) is 3.77. The molecule has 0 amide bonds. The normalized spacial score (nSPS) is 12.2. The second-order valence-electron chi connectivity index (χ2n) is 5.14. The van der Waals surface area contributed by atoms with Crippen LogP contribution in [-0.2, 0) is 0 Å². The molecule has 4 nitrogen and oxygen atoms in total. The van der Waals surface area contributed by atoms with Gasteiger partial charge < -0.3 is 5.11 Å². The molecule has 0 saturated heterocycles. The number of thiazole rings is 1. The Kier molecular flexibility index (Phi) is 5.88. The zero-order valence-electron chi connectivity index (χ0n) is 13.4. The van der Waals surface area contributed by atoms with E-state index in [1.807, 2.05) is 42.6 Å². The van der Waals surface area contributed by atoms with E-state index in [0.29, 0.717) is 12.1 Å². The zero-order valence-corrected chi connectivity index (χ0v) is 17.3. The summed E-state index contributed by atoms with van der Waals surface area (Å²) in [5.74, 6) is 0.182. The van der Waals surface area contributed by atoms with Crippen molar-refractivity contribution in [3.63, 3.8) is 0 Å². The molecular weight excluding hydrogens is 466 g/mol. The van der Waals surface area contributed by atoms with Gasteiger partial charge in [0.05, 0.1) is 11.9 Å². The summed E-state index contributed by atoms with van der Waals surface area (Å²) < 4.78 is 3.71. The lowest BCUT2D eigenvalue weighted by Gasteiger charge is -2.04. The van der Waals surface area contributed by atoms with Crippen molar-refractivity contribution in [3.05, 3.63) is 67.2 Å². The van der Waals surface area contributed by atoms with Crippen LogP contribution in [0.5, 0.6) is 5.75 Å². The van der Waals surface area contributed by atoms with Crippen LogP contribution in [0.4, 0.5) is 0 Å². The maximum Gasteiger partial charge on any atom is 0.206 e. The third-order valence-corrected chi connectivity index (χ3v) is 5.30. The molecule has 0 aliphatic rings. The summed E-state index contributed by atoms with van der Waals surface area (Å²) in [6.07, 6.45) is 1.64. The number of phenolic OH excluding ortho intramolecular Hbond substituents is 1. The van der Waals surface area contributed by atoms with E-state index < -0.39 is 0 Å². The molecule has 0 saturated carbocycles. The Morgan fingerprint density at radius 2 is 1.84 bits per heavy atom. The summed E-state index contributed by atoms with van der Waals surface area (Å²) in [6, 6.07) is 13.3. The van der Waals surface area contributed by atoms with Gasteiger partial charge in [-0.15, -0.1) is 11.3 Å². The number of aromatic nitrogens is 1. The van der Waals surface area contributed by atoms with Crippen molar-refractivity contribution in [3.8, 4) is 17.0 Å². The number of benzene rings is 2. The summed E-state index contributed by atoms with van der Waals surface area (Å²) in [5.41, 5.74) is 2.64. The SMILES string of the molecule is CCN=c1scc(-c2ccc(Br)cc2)n1N=Cc1cc(Br)ccc1O. The Morgan fingerprint density at radius 3 is 2.56 bits per heavy atom. The highest BCUT2D eigenvalue weighted by molar-refractivity contribution is 9.10. The number of aromatic hydroxyl groups is 1. The second-order valence-corrected chi connectivity index (χ2v) is 7.81. The van der Waals surface area contributed by atoms with Gasteiger partial charge in [0.1, 0.15) is 5.75 Å². The van der Waals surface area contributed by atoms with Crippen LogP contribution < -0.4 is 4.80 Å². The highest BCUT2D eigenvalue weighted by Crippen LogP contribution is 2.23. The Hall–Kier alpha value is -1.70. The van der Waals surface area contributed by atoms with E-state index in [1.54, 1.807) is 34.4 Å². The third-order valence-electron chi connectivity index (χ3n) is 3.42. The first-order valence-corrected chi connectivity index (χ1v) is 10.0. The molecule has 128 valence electrons. The van der Waals surface area contributed by atoms with Gasteiger partial charge in [-0.2, -0.15) is 5.10 Å². The van der Waals surface area contributed by atoms with Gasteiger partial charge in [-0.25, -0.2) is 4.68 Å². The lowest BCUT2D eigenvalue weighted by Crippen LogP contribution is -2.12. The fourth-order valence-electron chi connectivity index (χ4n) is 2.22. The van der Waals surface area contributed by atoms with Crippen LogP contribution in [0.1, 0.15) is 12.5 Å². The van der Waals surface area contributed by atoms with E-state index in [4.69, 9.17) is 0 Å². The number of rotatable bonds is 4. The van der Waals surface area contributed by atoms with E-state index in [1.165, 1.54) is 0 Å². The minimum Gasteiger partial charge on any atom is -0.507 e. The first-order chi connectivity index (χ1) is 12.1. The van der Waals surface area contributed by atoms with Crippen LogP contribution in [-0.4, -0.2) is 22.5 Å². The fraction of sp³-hybridized carbons (Fsp3) is 0.111. The standard InChI is InChI=1S/C18H15Br2N3OS/c1-2-21-18-23(22-10-13-9-15(20)7-8-17(13)24)16(11-25-18)12-3-5-14(19)6-4-12/h3-11,24H,2H2,1H3. The molecule has 0 radical (unpaired) electrons. The lowest BCUT2D eigenvalue weighted by molar-refractivity contribution is 0.474. The molecule has 0 fully saturated rings. The van der Waals surface area contributed by atoms with E-state index >= 15 is 0 Å². The van der Waals surface area contributed by atoms with E-state index in [9.17, 15) is 5.11 Å². The lowest BCUT2D eigenvalue weighted by atomic mass is 10.2. The minimum absolute atomic E-state index is 0.182. The molecule has 3 rings (SSSR count). The highest BCUT2D eigenvalue weighted by atomic mass is 79.9. The number of phenols is 1. The van der Waals surface area contributed by atoms with Crippen LogP contribution in [0, 0.1) is 0 Å². The molecule has 0 atom stereocenters. The zero-order chi connectivity index (χ0) is 17.8. The Morgan fingerprint density at radius 1 is 1.12 bits per heavy atom. The molecule has 2 aromatic carbocycles. The molecule has 1 heterocycles. The first-order valence-electron chi connectivity index (χ1n) is 7.58. The summed E-state index contributed by atoms with van der Waals surface area (Å²) in [7, 11) is 0. The number of nitrogens with zero attached hydrogens (tertiary/aromatic N) is 3. The van der Waals surface area contributed by atoms with Crippen molar-refractivity contribution < 1.29 is 5.11 Å². The minimum atomic E-state index is 0.182. The van der Waals surface area contributed by atoms with Crippen molar-refractivity contribution >= 4 is 49.4 Å². The van der Waals surface area contributed by atoms with Crippen LogP contribution in [0.15, 0.2) is 66.9 Å². The summed E-state index contributed by atoms with van der Waals surface area (Å²) in [5, 5.41) is 16.6. The van der Waals surface area contributed by atoms with E-state index in [2.05, 4.69) is 42.0 Å². The largest absolute Gasteiger partial charge is 0.507 e. The molecule has 0 aliphatic heterocycles. The Labute approximate surface area is 166 Å². The average Bonchev–Trinajstić information content (AvgIpc) is 2.99. The van der Waals surface area contributed by atoms with Crippen LogP contribution >= 0.6 is 43.2 Å². The van der Waals surface area contributed by atoms with Gasteiger partial charge in [0.15, 0.2) is 0 Å². The van der Waals surface area contributed by atoms with Gasteiger partial charge in [-0.05, 0) is 37.3 Å². The maximum atomic E-state index is 10.0. The first kappa shape index (κ1) is 18.1. The van der Waals surface area contributed by atoms with Gasteiger partial charge in [0, 0.05) is 32.0 Å².